The summed E-state index contributed by atoms with van der Waals surface area (Å²) in [5, 5.41) is 4.13. The molecule has 3 heteroatoms. The molecule has 0 atom stereocenters. The summed E-state index contributed by atoms with van der Waals surface area (Å²) < 4.78 is 0. The van der Waals surface area contributed by atoms with E-state index >= 15 is 0 Å². The predicted octanol–water partition coefficient (Wildman–Crippen LogP) is 3.90. The zero-order chi connectivity index (χ0) is 13.1. The van der Waals surface area contributed by atoms with Crippen LogP contribution in [0.3, 0.4) is 0 Å². The van der Waals surface area contributed by atoms with Crippen molar-refractivity contribution in [3.05, 3.63) is 45.5 Å². The van der Waals surface area contributed by atoms with Crippen LogP contribution >= 0.6 is 11.3 Å². The Labute approximate surface area is 113 Å². The first-order valence-electron chi connectivity index (χ1n) is 6.30. The highest BCUT2D eigenvalue weighted by atomic mass is 32.1. The molecule has 18 heavy (non-hydrogen) atoms. The highest BCUT2D eigenvalue weighted by Crippen LogP contribution is 2.23. The SMILES string of the molecule is CNc1nc(CCc2ccc(C)cc2C)c(C)s1. The molecule has 0 radical (unpaired) electrons. The second-order valence-electron chi connectivity index (χ2n) is 4.70. The molecular formula is C15H20N2S. The Balaban J connectivity index is 2.08. The van der Waals surface area contributed by atoms with Crippen molar-refractivity contribution in [3.8, 4) is 0 Å². The topological polar surface area (TPSA) is 24.9 Å². The van der Waals surface area contributed by atoms with Crippen LogP contribution in [-0.2, 0) is 12.8 Å². The molecule has 0 unspecified atom stereocenters. The van der Waals surface area contributed by atoms with Crippen LogP contribution in [0.4, 0.5) is 5.13 Å². The van der Waals surface area contributed by atoms with E-state index in [2.05, 4.69) is 49.3 Å². The van der Waals surface area contributed by atoms with E-state index in [1.54, 1.807) is 11.3 Å². The molecule has 1 heterocycles. The molecule has 2 rings (SSSR count). The predicted molar refractivity (Wildman–Crippen MR) is 79.7 cm³/mol. The van der Waals surface area contributed by atoms with Crippen LogP contribution in [0, 0.1) is 20.8 Å². The van der Waals surface area contributed by atoms with E-state index in [0.29, 0.717) is 0 Å². The van der Waals surface area contributed by atoms with Crippen molar-refractivity contribution in [1.29, 1.82) is 0 Å². The largest absolute Gasteiger partial charge is 0.365 e. The number of benzene rings is 1. The van der Waals surface area contributed by atoms with Crippen LogP contribution < -0.4 is 5.32 Å². The van der Waals surface area contributed by atoms with Gasteiger partial charge in [-0.2, -0.15) is 0 Å². The lowest BCUT2D eigenvalue weighted by atomic mass is 10.0. The van der Waals surface area contributed by atoms with Gasteiger partial charge in [0.2, 0.25) is 0 Å². The van der Waals surface area contributed by atoms with Crippen molar-refractivity contribution in [3.63, 3.8) is 0 Å². The molecule has 0 spiro atoms. The van der Waals surface area contributed by atoms with Gasteiger partial charge in [0.25, 0.3) is 0 Å². The number of aryl methyl sites for hydroxylation is 5. The third-order valence-electron chi connectivity index (χ3n) is 3.24. The summed E-state index contributed by atoms with van der Waals surface area (Å²) in [6, 6.07) is 6.68. The molecule has 0 saturated carbocycles. The van der Waals surface area contributed by atoms with Gasteiger partial charge in [-0.1, -0.05) is 23.8 Å². The lowest BCUT2D eigenvalue weighted by Gasteiger charge is -2.06. The molecule has 1 aromatic carbocycles. The van der Waals surface area contributed by atoms with E-state index in [1.807, 2.05) is 7.05 Å². The van der Waals surface area contributed by atoms with Gasteiger partial charge in [0.1, 0.15) is 0 Å². The number of anilines is 1. The van der Waals surface area contributed by atoms with E-state index < -0.39 is 0 Å². The Morgan fingerprint density at radius 3 is 2.56 bits per heavy atom. The van der Waals surface area contributed by atoms with Crippen LogP contribution in [-0.4, -0.2) is 12.0 Å². The van der Waals surface area contributed by atoms with Crippen LogP contribution in [0.1, 0.15) is 27.3 Å². The second-order valence-corrected chi connectivity index (χ2v) is 5.91. The van der Waals surface area contributed by atoms with Crippen LogP contribution in [0.5, 0.6) is 0 Å². The number of thiazole rings is 1. The first-order chi connectivity index (χ1) is 8.60. The summed E-state index contributed by atoms with van der Waals surface area (Å²) in [6.07, 6.45) is 2.09. The smallest absolute Gasteiger partial charge is 0.182 e. The Morgan fingerprint density at radius 1 is 1.17 bits per heavy atom. The highest BCUT2D eigenvalue weighted by molar-refractivity contribution is 7.15. The van der Waals surface area contributed by atoms with Gasteiger partial charge in [-0.25, -0.2) is 4.98 Å². The zero-order valence-electron chi connectivity index (χ0n) is 11.5. The van der Waals surface area contributed by atoms with Gasteiger partial charge < -0.3 is 5.32 Å². The Kier molecular flexibility index (Phi) is 4.02. The molecule has 1 aromatic heterocycles. The summed E-state index contributed by atoms with van der Waals surface area (Å²) in [4.78, 5) is 5.92. The van der Waals surface area contributed by atoms with Crippen LogP contribution in [0.25, 0.3) is 0 Å². The van der Waals surface area contributed by atoms with Crippen molar-refractivity contribution < 1.29 is 0 Å². The average Bonchev–Trinajstić information content (AvgIpc) is 2.69. The Hall–Kier alpha value is -1.35. The number of hydrogen-bond donors (Lipinski definition) is 1. The maximum absolute atomic E-state index is 4.60. The van der Waals surface area contributed by atoms with E-state index in [4.69, 9.17) is 0 Å². The second kappa shape index (κ2) is 5.53. The van der Waals surface area contributed by atoms with Crippen molar-refractivity contribution in [2.24, 2.45) is 0 Å². The minimum Gasteiger partial charge on any atom is -0.365 e. The van der Waals surface area contributed by atoms with Crippen molar-refractivity contribution >= 4 is 16.5 Å². The van der Waals surface area contributed by atoms with E-state index in [9.17, 15) is 0 Å². The molecule has 2 nitrogen and oxygen atoms in total. The molecule has 2 aromatic rings. The summed E-state index contributed by atoms with van der Waals surface area (Å²) in [7, 11) is 1.92. The zero-order valence-corrected chi connectivity index (χ0v) is 12.3. The molecule has 0 aliphatic rings. The fraction of sp³-hybridized carbons (Fsp3) is 0.400. The minimum atomic E-state index is 1.02. The van der Waals surface area contributed by atoms with Crippen LogP contribution in [0.15, 0.2) is 18.2 Å². The molecular weight excluding hydrogens is 240 g/mol. The van der Waals surface area contributed by atoms with Gasteiger partial charge >= 0.3 is 0 Å². The third kappa shape index (κ3) is 2.91. The average molecular weight is 260 g/mol. The van der Waals surface area contributed by atoms with Crippen molar-refractivity contribution in [2.75, 3.05) is 12.4 Å². The molecule has 0 amide bonds. The first kappa shape index (κ1) is 13.1. The number of aromatic nitrogens is 1. The monoisotopic (exact) mass is 260 g/mol. The van der Waals surface area contributed by atoms with Crippen LogP contribution in [0.2, 0.25) is 0 Å². The van der Waals surface area contributed by atoms with Gasteiger partial charge in [-0.05, 0) is 44.7 Å². The molecule has 0 aliphatic heterocycles. The molecule has 1 N–H and O–H groups in total. The first-order valence-corrected chi connectivity index (χ1v) is 7.12. The fourth-order valence-electron chi connectivity index (χ4n) is 2.15. The standard InChI is InChI=1S/C15H20N2S/c1-10-5-6-13(11(2)9-10)7-8-14-12(3)18-15(16-4)17-14/h5-6,9H,7-8H2,1-4H3,(H,16,17). The fourth-order valence-corrected chi connectivity index (χ4v) is 2.96. The normalized spacial score (nSPS) is 10.7. The maximum Gasteiger partial charge on any atom is 0.182 e. The minimum absolute atomic E-state index is 1.02. The lowest BCUT2D eigenvalue weighted by molar-refractivity contribution is 0.908. The van der Waals surface area contributed by atoms with Gasteiger partial charge in [0.15, 0.2) is 5.13 Å². The summed E-state index contributed by atoms with van der Waals surface area (Å²) >= 11 is 1.73. The van der Waals surface area contributed by atoms with Crippen molar-refractivity contribution in [2.45, 2.75) is 33.6 Å². The van der Waals surface area contributed by atoms with E-state index in [-0.39, 0.29) is 0 Å². The van der Waals surface area contributed by atoms with Gasteiger partial charge in [-0.15, -0.1) is 11.3 Å². The molecule has 0 bridgehead atoms. The van der Waals surface area contributed by atoms with Crippen molar-refractivity contribution in [1.82, 2.24) is 4.98 Å². The highest BCUT2D eigenvalue weighted by Gasteiger charge is 2.07. The third-order valence-corrected chi connectivity index (χ3v) is 4.27. The van der Waals surface area contributed by atoms with Gasteiger partial charge in [-0.3, -0.25) is 0 Å². The molecule has 0 saturated heterocycles. The molecule has 96 valence electrons. The number of nitrogens with one attached hydrogen (secondary N) is 1. The number of nitrogens with zero attached hydrogens (tertiary/aromatic N) is 1. The summed E-state index contributed by atoms with van der Waals surface area (Å²) in [6.45, 7) is 6.48. The molecule has 0 fully saturated rings. The van der Waals surface area contributed by atoms with E-state index in [1.165, 1.54) is 27.3 Å². The maximum atomic E-state index is 4.60. The quantitative estimate of drug-likeness (QED) is 0.902. The summed E-state index contributed by atoms with van der Waals surface area (Å²) in [5.41, 5.74) is 5.37. The summed E-state index contributed by atoms with van der Waals surface area (Å²) in [5.74, 6) is 0. The Bertz CT molecular complexity index is 543. The van der Waals surface area contributed by atoms with E-state index in [0.717, 1.165) is 18.0 Å². The lowest BCUT2D eigenvalue weighted by Crippen LogP contribution is -1.97. The van der Waals surface area contributed by atoms with Gasteiger partial charge in [0.05, 0.1) is 5.69 Å². The van der Waals surface area contributed by atoms with Gasteiger partial charge in [0, 0.05) is 11.9 Å². The Morgan fingerprint density at radius 2 is 1.94 bits per heavy atom. The molecule has 0 aliphatic carbocycles. The number of rotatable bonds is 4. The number of hydrogen-bond acceptors (Lipinski definition) is 3.